The van der Waals surface area contributed by atoms with Gasteiger partial charge in [-0.25, -0.2) is 0 Å². The van der Waals surface area contributed by atoms with Gasteiger partial charge in [-0.3, -0.25) is 9.59 Å². The molecule has 0 radical (unpaired) electrons. The third-order valence-electron chi connectivity index (χ3n) is 5.11. The van der Waals surface area contributed by atoms with Crippen molar-refractivity contribution in [3.8, 4) is 5.75 Å². The summed E-state index contributed by atoms with van der Waals surface area (Å²) in [6.07, 6.45) is 1.40. The second-order valence-electron chi connectivity index (χ2n) is 6.98. The van der Waals surface area contributed by atoms with Gasteiger partial charge in [0.1, 0.15) is 11.5 Å². The summed E-state index contributed by atoms with van der Waals surface area (Å²) in [5.74, 6) is -1.58. The molecule has 2 aromatic rings. The molecule has 0 bridgehead atoms. The minimum absolute atomic E-state index is 0.0253. The molecule has 1 aliphatic rings. The van der Waals surface area contributed by atoms with E-state index in [-0.39, 0.29) is 17.1 Å². The number of Topliss-reactive ketones (excluding diaryl/α,β-unsaturated/α-hetero) is 1. The van der Waals surface area contributed by atoms with Crippen molar-refractivity contribution < 1.29 is 24.5 Å². The molecule has 0 aromatic heterocycles. The average Bonchev–Trinajstić information content (AvgIpc) is 2.98. The Kier molecular flexibility index (Phi) is 6.34. The summed E-state index contributed by atoms with van der Waals surface area (Å²) in [7, 11) is 1.57. The standard InChI is InChI=1S/C23H25NO5/c1-3-15-8-10-16(11-9-15)21(26)19-20(17-6-4-7-18(25)14-17)24(12-5-13-29-2)23(28)22(19)27/h4,6-11,14,20,25-26H,3,5,12-13H2,1-2H3/b21-19-. The lowest BCUT2D eigenvalue weighted by molar-refractivity contribution is -0.140. The van der Waals surface area contributed by atoms with Gasteiger partial charge >= 0.3 is 0 Å². The number of ether oxygens (including phenoxy) is 1. The van der Waals surface area contributed by atoms with Crippen LogP contribution in [0.3, 0.4) is 0 Å². The number of benzene rings is 2. The van der Waals surface area contributed by atoms with Crippen LogP contribution in [0.25, 0.3) is 5.76 Å². The summed E-state index contributed by atoms with van der Waals surface area (Å²) in [5, 5.41) is 20.9. The third-order valence-corrected chi connectivity index (χ3v) is 5.11. The number of aliphatic hydroxyl groups excluding tert-OH is 1. The fourth-order valence-corrected chi connectivity index (χ4v) is 3.59. The zero-order valence-corrected chi connectivity index (χ0v) is 16.6. The summed E-state index contributed by atoms with van der Waals surface area (Å²) >= 11 is 0. The Bertz CT molecular complexity index is 933. The highest BCUT2D eigenvalue weighted by Gasteiger charge is 2.45. The van der Waals surface area contributed by atoms with E-state index in [2.05, 4.69) is 0 Å². The molecule has 29 heavy (non-hydrogen) atoms. The van der Waals surface area contributed by atoms with Crippen molar-refractivity contribution in [2.75, 3.05) is 20.3 Å². The molecule has 1 aliphatic heterocycles. The number of aromatic hydroxyl groups is 1. The largest absolute Gasteiger partial charge is 0.508 e. The Morgan fingerprint density at radius 3 is 2.48 bits per heavy atom. The number of carbonyl (C=O) groups excluding carboxylic acids is 2. The molecule has 0 spiro atoms. The van der Waals surface area contributed by atoms with E-state index >= 15 is 0 Å². The molecule has 1 unspecified atom stereocenters. The summed E-state index contributed by atoms with van der Waals surface area (Å²) < 4.78 is 5.06. The van der Waals surface area contributed by atoms with E-state index in [0.717, 1.165) is 12.0 Å². The summed E-state index contributed by atoms with van der Waals surface area (Å²) in [4.78, 5) is 27.0. The van der Waals surface area contributed by atoms with E-state index in [1.165, 1.54) is 17.0 Å². The van der Waals surface area contributed by atoms with Crippen molar-refractivity contribution in [3.05, 3.63) is 70.8 Å². The number of likely N-dealkylation sites (tertiary alicyclic amines) is 1. The van der Waals surface area contributed by atoms with Gasteiger partial charge in [0.2, 0.25) is 0 Å². The first-order valence-electron chi connectivity index (χ1n) is 9.63. The molecule has 1 atom stereocenters. The van der Waals surface area contributed by atoms with Crippen LogP contribution in [0.15, 0.2) is 54.1 Å². The van der Waals surface area contributed by atoms with E-state index in [1.54, 1.807) is 31.4 Å². The molecule has 1 heterocycles. The summed E-state index contributed by atoms with van der Waals surface area (Å²) in [6, 6.07) is 12.9. The van der Waals surface area contributed by atoms with Gasteiger partial charge in [-0.05, 0) is 36.1 Å². The Hall–Kier alpha value is -3.12. The number of aliphatic hydroxyl groups is 1. The third kappa shape index (κ3) is 4.17. The van der Waals surface area contributed by atoms with Crippen LogP contribution >= 0.6 is 0 Å². The Balaban J connectivity index is 2.10. The highest BCUT2D eigenvalue weighted by atomic mass is 16.5. The fraction of sp³-hybridized carbons (Fsp3) is 0.304. The number of phenols is 1. The highest BCUT2D eigenvalue weighted by Crippen LogP contribution is 2.40. The number of amides is 1. The fourth-order valence-electron chi connectivity index (χ4n) is 3.59. The molecule has 152 valence electrons. The zero-order chi connectivity index (χ0) is 21.0. The number of carbonyl (C=O) groups is 2. The van der Waals surface area contributed by atoms with Crippen molar-refractivity contribution in [1.82, 2.24) is 4.90 Å². The summed E-state index contributed by atoms with van der Waals surface area (Å²) in [6.45, 7) is 2.76. The number of aryl methyl sites for hydroxylation is 1. The van der Waals surface area contributed by atoms with Crippen LogP contribution in [0.1, 0.15) is 36.1 Å². The molecular weight excluding hydrogens is 370 g/mol. The molecule has 6 heteroatoms. The van der Waals surface area contributed by atoms with Crippen LogP contribution in [0.2, 0.25) is 0 Å². The van der Waals surface area contributed by atoms with Gasteiger partial charge in [0.05, 0.1) is 11.6 Å². The molecule has 2 N–H and O–H groups in total. The SMILES string of the molecule is CCc1ccc(/C(O)=C2/C(=O)C(=O)N(CCCOC)C2c2cccc(O)c2)cc1. The van der Waals surface area contributed by atoms with E-state index in [0.29, 0.717) is 30.7 Å². The lowest BCUT2D eigenvalue weighted by Crippen LogP contribution is -2.31. The molecule has 0 saturated carbocycles. The van der Waals surface area contributed by atoms with Crippen LogP contribution in [0.4, 0.5) is 0 Å². The number of methoxy groups -OCH3 is 1. The topological polar surface area (TPSA) is 87.1 Å². The van der Waals surface area contributed by atoms with Crippen molar-refractivity contribution >= 4 is 17.4 Å². The lowest BCUT2D eigenvalue weighted by atomic mass is 9.94. The van der Waals surface area contributed by atoms with Gasteiger partial charge in [-0.1, -0.05) is 43.3 Å². The molecule has 1 fully saturated rings. The molecule has 1 amide bonds. The maximum Gasteiger partial charge on any atom is 0.295 e. The molecular formula is C23H25NO5. The van der Waals surface area contributed by atoms with E-state index in [9.17, 15) is 19.8 Å². The van der Waals surface area contributed by atoms with Crippen LogP contribution in [-0.2, 0) is 20.7 Å². The van der Waals surface area contributed by atoms with E-state index in [4.69, 9.17) is 4.74 Å². The van der Waals surface area contributed by atoms with Crippen molar-refractivity contribution in [2.24, 2.45) is 0 Å². The van der Waals surface area contributed by atoms with Crippen molar-refractivity contribution in [3.63, 3.8) is 0 Å². The molecule has 2 aromatic carbocycles. The minimum atomic E-state index is -0.773. The highest BCUT2D eigenvalue weighted by molar-refractivity contribution is 6.46. The first-order chi connectivity index (χ1) is 14.0. The predicted molar refractivity (Wildman–Crippen MR) is 109 cm³/mol. The Morgan fingerprint density at radius 2 is 1.86 bits per heavy atom. The van der Waals surface area contributed by atoms with Crippen LogP contribution in [0.5, 0.6) is 5.75 Å². The maximum absolute atomic E-state index is 12.9. The second kappa shape index (κ2) is 8.92. The van der Waals surface area contributed by atoms with Crippen LogP contribution in [0, 0.1) is 0 Å². The Labute approximate surface area is 170 Å². The monoisotopic (exact) mass is 395 g/mol. The normalized spacial score (nSPS) is 18.4. The van der Waals surface area contributed by atoms with Gasteiger partial charge < -0.3 is 19.8 Å². The zero-order valence-electron chi connectivity index (χ0n) is 16.6. The number of hydrogen-bond acceptors (Lipinski definition) is 5. The number of ketones is 1. The molecule has 3 rings (SSSR count). The first-order valence-corrected chi connectivity index (χ1v) is 9.63. The number of nitrogens with zero attached hydrogens (tertiary/aromatic N) is 1. The van der Waals surface area contributed by atoms with Gasteiger partial charge in [0.15, 0.2) is 0 Å². The van der Waals surface area contributed by atoms with E-state index in [1.807, 2.05) is 19.1 Å². The van der Waals surface area contributed by atoms with Crippen molar-refractivity contribution in [1.29, 1.82) is 0 Å². The van der Waals surface area contributed by atoms with Gasteiger partial charge in [0.25, 0.3) is 11.7 Å². The average molecular weight is 395 g/mol. The number of phenolic OH excluding ortho intramolecular Hbond substituents is 1. The lowest BCUT2D eigenvalue weighted by Gasteiger charge is -2.25. The Morgan fingerprint density at radius 1 is 1.14 bits per heavy atom. The van der Waals surface area contributed by atoms with Crippen LogP contribution in [-0.4, -0.2) is 47.1 Å². The number of rotatable bonds is 7. The smallest absolute Gasteiger partial charge is 0.295 e. The first kappa shape index (κ1) is 20.6. The van der Waals surface area contributed by atoms with Gasteiger partial charge in [0, 0.05) is 25.8 Å². The molecule has 6 nitrogen and oxygen atoms in total. The second-order valence-corrected chi connectivity index (χ2v) is 6.98. The quantitative estimate of drug-likeness (QED) is 0.325. The van der Waals surface area contributed by atoms with Gasteiger partial charge in [-0.2, -0.15) is 0 Å². The van der Waals surface area contributed by atoms with Gasteiger partial charge in [-0.15, -0.1) is 0 Å². The van der Waals surface area contributed by atoms with E-state index < -0.39 is 17.7 Å². The summed E-state index contributed by atoms with van der Waals surface area (Å²) in [5.41, 5.74) is 2.17. The number of hydrogen-bond donors (Lipinski definition) is 2. The maximum atomic E-state index is 12.9. The molecule has 0 aliphatic carbocycles. The van der Waals surface area contributed by atoms with Crippen LogP contribution < -0.4 is 0 Å². The van der Waals surface area contributed by atoms with Crippen molar-refractivity contribution in [2.45, 2.75) is 25.8 Å². The predicted octanol–water partition coefficient (Wildman–Crippen LogP) is 3.41. The molecule has 1 saturated heterocycles. The minimum Gasteiger partial charge on any atom is -0.508 e.